The SMILES string of the molecule is O=C(O)[C@@](C[C@H]1CN2CCC1CC2)(c1ccccc1)N1CCCCC1. The highest BCUT2D eigenvalue weighted by atomic mass is 16.4. The quantitative estimate of drug-likeness (QED) is 0.892. The molecule has 4 heterocycles. The van der Waals surface area contributed by atoms with E-state index in [2.05, 4.69) is 9.80 Å². The van der Waals surface area contributed by atoms with Crippen LogP contribution in [-0.2, 0) is 10.3 Å². The Morgan fingerprint density at radius 3 is 2.28 bits per heavy atom. The first kappa shape index (κ1) is 17.0. The molecular formula is C21H30N2O2. The fourth-order valence-electron chi connectivity index (χ4n) is 5.46. The van der Waals surface area contributed by atoms with Crippen molar-refractivity contribution in [3.05, 3.63) is 35.9 Å². The van der Waals surface area contributed by atoms with Crippen molar-refractivity contribution in [2.75, 3.05) is 32.7 Å². The Hall–Kier alpha value is -1.39. The number of nitrogens with zero attached hydrogens (tertiary/aromatic N) is 2. The molecule has 136 valence electrons. The lowest BCUT2D eigenvalue weighted by molar-refractivity contribution is -0.156. The van der Waals surface area contributed by atoms with Gasteiger partial charge in [-0.05, 0) is 75.7 Å². The molecule has 0 saturated carbocycles. The second-order valence-electron chi connectivity index (χ2n) is 8.18. The number of aliphatic carboxylic acids is 1. The minimum Gasteiger partial charge on any atom is -0.480 e. The van der Waals surface area contributed by atoms with Gasteiger partial charge in [0, 0.05) is 6.54 Å². The lowest BCUT2D eigenvalue weighted by atomic mass is 9.70. The topological polar surface area (TPSA) is 43.8 Å². The number of hydrogen-bond acceptors (Lipinski definition) is 3. The van der Waals surface area contributed by atoms with Crippen molar-refractivity contribution in [3.63, 3.8) is 0 Å². The van der Waals surface area contributed by atoms with Crippen LogP contribution in [0.3, 0.4) is 0 Å². The van der Waals surface area contributed by atoms with Gasteiger partial charge in [-0.15, -0.1) is 0 Å². The van der Waals surface area contributed by atoms with E-state index < -0.39 is 11.5 Å². The summed E-state index contributed by atoms with van der Waals surface area (Å²) >= 11 is 0. The second-order valence-corrected chi connectivity index (χ2v) is 8.18. The maximum Gasteiger partial charge on any atom is 0.328 e. The van der Waals surface area contributed by atoms with E-state index in [1.807, 2.05) is 30.3 Å². The van der Waals surface area contributed by atoms with E-state index in [1.165, 1.54) is 32.4 Å². The van der Waals surface area contributed by atoms with Crippen LogP contribution < -0.4 is 0 Å². The summed E-state index contributed by atoms with van der Waals surface area (Å²) in [5, 5.41) is 10.5. The van der Waals surface area contributed by atoms with Gasteiger partial charge in [0.05, 0.1) is 0 Å². The van der Waals surface area contributed by atoms with E-state index in [-0.39, 0.29) is 0 Å². The van der Waals surface area contributed by atoms with Crippen molar-refractivity contribution < 1.29 is 9.90 Å². The zero-order chi connectivity index (χ0) is 17.3. The number of fused-ring (bicyclic) bond motifs is 3. The number of benzene rings is 1. The number of carboxylic acids is 1. The average molecular weight is 342 g/mol. The van der Waals surface area contributed by atoms with Crippen molar-refractivity contribution in [3.8, 4) is 0 Å². The Balaban J connectivity index is 1.70. The second kappa shape index (κ2) is 7.08. The molecule has 4 fully saturated rings. The summed E-state index contributed by atoms with van der Waals surface area (Å²) < 4.78 is 0. The number of carbonyl (C=O) groups is 1. The molecule has 4 saturated heterocycles. The first-order valence-corrected chi connectivity index (χ1v) is 9.96. The van der Waals surface area contributed by atoms with Crippen LogP contribution in [0.5, 0.6) is 0 Å². The highest BCUT2D eigenvalue weighted by molar-refractivity contribution is 5.81. The van der Waals surface area contributed by atoms with E-state index in [0.717, 1.165) is 44.5 Å². The first-order valence-electron chi connectivity index (χ1n) is 9.96. The van der Waals surface area contributed by atoms with Crippen molar-refractivity contribution in [2.24, 2.45) is 11.8 Å². The minimum atomic E-state index is -0.856. The van der Waals surface area contributed by atoms with Crippen LogP contribution >= 0.6 is 0 Å². The Labute approximate surface area is 150 Å². The molecule has 0 spiro atoms. The molecule has 1 aromatic carbocycles. The van der Waals surface area contributed by atoms with Crippen LogP contribution in [-0.4, -0.2) is 53.6 Å². The van der Waals surface area contributed by atoms with E-state index in [1.54, 1.807) is 0 Å². The summed E-state index contributed by atoms with van der Waals surface area (Å²) in [5.41, 5.74) is 0.117. The number of piperidine rings is 4. The minimum absolute atomic E-state index is 0.501. The van der Waals surface area contributed by atoms with Gasteiger partial charge in [0.15, 0.2) is 0 Å². The standard InChI is InChI=1S/C21H30N2O2/c24-20(25)21(19-7-3-1-4-8-19,23-11-5-2-6-12-23)15-18-16-22-13-9-17(18)10-14-22/h1,3-4,7-8,17-18H,2,5-6,9-16H2,(H,24,25)/t18-,21+/m0/s1. The van der Waals surface area contributed by atoms with Crippen molar-refractivity contribution in [1.29, 1.82) is 0 Å². The van der Waals surface area contributed by atoms with Gasteiger partial charge in [-0.3, -0.25) is 4.90 Å². The Kier molecular flexibility index (Phi) is 4.83. The third kappa shape index (κ3) is 3.11. The third-order valence-corrected chi connectivity index (χ3v) is 6.85. The monoisotopic (exact) mass is 342 g/mol. The average Bonchev–Trinajstić information content (AvgIpc) is 2.68. The van der Waals surface area contributed by atoms with Crippen molar-refractivity contribution >= 4 is 5.97 Å². The molecule has 2 atom stereocenters. The van der Waals surface area contributed by atoms with E-state index in [4.69, 9.17) is 0 Å². The van der Waals surface area contributed by atoms with Crippen molar-refractivity contribution in [1.82, 2.24) is 9.80 Å². The number of rotatable bonds is 5. The zero-order valence-corrected chi connectivity index (χ0v) is 15.1. The van der Waals surface area contributed by atoms with Gasteiger partial charge < -0.3 is 10.0 Å². The molecule has 2 bridgehead atoms. The van der Waals surface area contributed by atoms with Gasteiger partial charge in [-0.2, -0.15) is 0 Å². The summed E-state index contributed by atoms with van der Waals surface area (Å²) in [4.78, 5) is 17.6. The molecule has 0 radical (unpaired) electrons. The molecule has 0 unspecified atom stereocenters. The molecule has 5 rings (SSSR count). The molecule has 0 aromatic heterocycles. The molecule has 25 heavy (non-hydrogen) atoms. The van der Waals surface area contributed by atoms with Crippen LogP contribution in [0.15, 0.2) is 30.3 Å². The lowest BCUT2D eigenvalue weighted by Crippen LogP contribution is -2.57. The Bertz CT molecular complexity index is 591. The Morgan fingerprint density at radius 2 is 1.72 bits per heavy atom. The maximum atomic E-state index is 12.7. The summed E-state index contributed by atoms with van der Waals surface area (Å²) in [6.45, 7) is 5.30. The molecule has 0 amide bonds. The number of hydrogen-bond donors (Lipinski definition) is 1. The van der Waals surface area contributed by atoms with Crippen molar-refractivity contribution in [2.45, 2.75) is 44.1 Å². The summed E-state index contributed by atoms with van der Waals surface area (Å²) in [7, 11) is 0. The van der Waals surface area contributed by atoms with E-state index >= 15 is 0 Å². The van der Waals surface area contributed by atoms with E-state index in [0.29, 0.717) is 11.8 Å². The fourth-order valence-corrected chi connectivity index (χ4v) is 5.46. The van der Waals surface area contributed by atoms with Gasteiger partial charge in [0.1, 0.15) is 5.54 Å². The number of likely N-dealkylation sites (tertiary alicyclic amines) is 1. The molecule has 1 aromatic rings. The van der Waals surface area contributed by atoms with Crippen LogP contribution in [0.1, 0.15) is 44.1 Å². The fraction of sp³-hybridized carbons (Fsp3) is 0.667. The highest BCUT2D eigenvalue weighted by Gasteiger charge is 2.50. The van der Waals surface area contributed by atoms with Gasteiger partial charge in [-0.25, -0.2) is 4.79 Å². The molecule has 1 N–H and O–H groups in total. The molecule has 4 heteroatoms. The molecular weight excluding hydrogens is 312 g/mol. The van der Waals surface area contributed by atoms with Crippen LogP contribution in [0.4, 0.5) is 0 Å². The molecule has 4 nitrogen and oxygen atoms in total. The van der Waals surface area contributed by atoms with E-state index in [9.17, 15) is 9.90 Å². The summed E-state index contributed by atoms with van der Waals surface area (Å²) in [6.07, 6.45) is 6.70. The Morgan fingerprint density at radius 1 is 1.04 bits per heavy atom. The summed E-state index contributed by atoms with van der Waals surface area (Å²) in [6, 6.07) is 10.0. The lowest BCUT2D eigenvalue weighted by Gasteiger charge is -2.50. The smallest absolute Gasteiger partial charge is 0.328 e. The normalized spacial score (nSPS) is 32.2. The number of carboxylic acid groups (broad SMARTS) is 1. The predicted molar refractivity (Wildman–Crippen MR) is 98.5 cm³/mol. The van der Waals surface area contributed by atoms with Gasteiger partial charge in [0.25, 0.3) is 0 Å². The van der Waals surface area contributed by atoms with Crippen LogP contribution in [0, 0.1) is 11.8 Å². The molecule has 4 aliphatic rings. The molecule has 4 aliphatic heterocycles. The van der Waals surface area contributed by atoms with Crippen LogP contribution in [0.25, 0.3) is 0 Å². The van der Waals surface area contributed by atoms with Gasteiger partial charge in [-0.1, -0.05) is 36.8 Å². The first-order chi connectivity index (χ1) is 12.2. The summed E-state index contributed by atoms with van der Waals surface area (Å²) in [5.74, 6) is 0.551. The predicted octanol–water partition coefficient (Wildman–Crippen LogP) is 3.18. The van der Waals surface area contributed by atoms with Gasteiger partial charge in [0.2, 0.25) is 0 Å². The van der Waals surface area contributed by atoms with Gasteiger partial charge >= 0.3 is 5.97 Å². The third-order valence-electron chi connectivity index (χ3n) is 6.85. The van der Waals surface area contributed by atoms with Crippen LogP contribution in [0.2, 0.25) is 0 Å². The molecule has 0 aliphatic carbocycles. The highest BCUT2D eigenvalue weighted by Crippen LogP contribution is 2.43. The zero-order valence-electron chi connectivity index (χ0n) is 15.1. The largest absolute Gasteiger partial charge is 0.480 e. The maximum absolute atomic E-state index is 12.7.